The Morgan fingerprint density at radius 2 is 1.80 bits per heavy atom. The molecule has 0 aromatic heterocycles. The lowest BCUT2D eigenvalue weighted by atomic mass is 9.83. The van der Waals surface area contributed by atoms with E-state index in [1.165, 1.54) is 37.1 Å². The molecule has 0 radical (unpaired) electrons. The Bertz CT molecular complexity index is 652. The monoisotopic (exact) mass is 362 g/mol. The van der Waals surface area contributed by atoms with E-state index in [1.54, 1.807) is 12.1 Å². The summed E-state index contributed by atoms with van der Waals surface area (Å²) in [6.45, 7) is 2.24. The van der Waals surface area contributed by atoms with Gasteiger partial charge in [0.05, 0.1) is 9.82 Å². The number of carbonyl (C=O) groups is 1. The SMILES string of the molecule is CCC1CCC(N(C(=O)c2ccc(SC)c([N+](=O)[O-])c2)C2CC2)CC1. The first kappa shape index (κ1) is 18.2. The number of nitrogens with zero attached hydrogens (tertiary/aromatic N) is 2. The molecule has 3 rings (SSSR count). The van der Waals surface area contributed by atoms with Crippen LogP contribution in [0, 0.1) is 16.0 Å². The van der Waals surface area contributed by atoms with Crippen molar-refractivity contribution in [2.45, 2.75) is 68.8 Å². The van der Waals surface area contributed by atoms with Crippen molar-refractivity contribution < 1.29 is 9.72 Å². The number of rotatable bonds is 6. The largest absolute Gasteiger partial charge is 0.333 e. The predicted molar refractivity (Wildman–Crippen MR) is 100 cm³/mol. The van der Waals surface area contributed by atoms with Crippen LogP contribution < -0.4 is 0 Å². The summed E-state index contributed by atoms with van der Waals surface area (Å²) in [5, 5.41) is 11.3. The molecule has 0 aliphatic heterocycles. The molecule has 2 aliphatic carbocycles. The van der Waals surface area contributed by atoms with E-state index in [4.69, 9.17) is 0 Å². The van der Waals surface area contributed by atoms with Gasteiger partial charge in [0.1, 0.15) is 0 Å². The Labute approximate surface area is 153 Å². The fourth-order valence-electron chi connectivity index (χ4n) is 3.93. The highest BCUT2D eigenvalue weighted by molar-refractivity contribution is 7.98. The summed E-state index contributed by atoms with van der Waals surface area (Å²) < 4.78 is 0. The van der Waals surface area contributed by atoms with Gasteiger partial charge in [-0.3, -0.25) is 14.9 Å². The third kappa shape index (κ3) is 4.00. The van der Waals surface area contributed by atoms with Crippen LogP contribution in [-0.2, 0) is 0 Å². The minimum atomic E-state index is -0.392. The Hall–Kier alpha value is -1.56. The van der Waals surface area contributed by atoms with Gasteiger partial charge in [0.2, 0.25) is 0 Å². The van der Waals surface area contributed by atoms with Crippen LogP contribution in [0.2, 0.25) is 0 Å². The van der Waals surface area contributed by atoms with Crippen LogP contribution in [0.3, 0.4) is 0 Å². The maximum Gasteiger partial charge on any atom is 0.283 e. The van der Waals surface area contributed by atoms with Crippen LogP contribution in [0.1, 0.15) is 62.2 Å². The molecule has 1 aromatic carbocycles. The first-order chi connectivity index (χ1) is 12.0. The Kier molecular flexibility index (Phi) is 5.67. The minimum absolute atomic E-state index is 0.0294. The van der Waals surface area contributed by atoms with Gasteiger partial charge < -0.3 is 4.90 Å². The van der Waals surface area contributed by atoms with Gasteiger partial charge in [0.25, 0.3) is 11.6 Å². The molecule has 136 valence electrons. The second-order valence-electron chi connectivity index (χ2n) is 7.17. The quantitative estimate of drug-likeness (QED) is 0.410. The summed E-state index contributed by atoms with van der Waals surface area (Å²) in [7, 11) is 0. The van der Waals surface area contributed by atoms with Crippen LogP contribution in [0.25, 0.3) is 0 Å². The van der Waals surface area contributed by atoms with Gasteiger partial charge in [-0.1, -0.05) is 13.3 Å². The molecule has 1 aromatic rings. The van der Waals surface area contributed by atoms with Gasteiger partial charge >= 0.3 is 0 Å². The normalized spacial score (nSPS) is 23.3. The summed E-state index contributed by atoms with van der Waals surface area (Å²) in [5.74, 6) is 0.757. The van der Waals surface area contributed by atoms with Crippen LogP contribution in [0.5, 0.6) is 0 Å². The van der Waals surface area contributed by atoms with E-state index in [1.807, 2.05) is 11.2 Å². The zero-order valence-corrected chi connectivity index (χ0v) is 15.8. The predicted octanol–water partition coefficient (Wildman–Crippen LogP) is 4.89. The summed E-state index contributed by atoms with van der Waals surface area (Å²) in [5.41, 5.74) is 0.484. The highest BCUT2D eigenvalue weighted by Crippen LogP contribution is 2.38. The molecule has 6 heteroatoms. The maximum atomic E-state index is 13.1. The van der Waals surface area contributed by atoms with Gasteiger partial charge in [0.15, 0.2) is 0 Å². The summed E-state index contributed by atoms with van der Waals surface area (Å²) >= 11 is 1.34. The summed E-state index contributed by atoms with van der Waals surface area (Å²) in [6, 6.07) is 5.53. The maximum absolute atomic E-state index is 13.1. The molecule has 2 saturated carbocycles. The van der Waals surface area contributed by atoms with E-state index in [0.717, 1.165) is 31.6 Å². The lowest BCUT2D eigenvalue weighted by molar-refractivity contribution is -0.387. The molecular weight excluding hydrogens is 336 g/mol. The lowest BCUT2D eigenvalue weighted by Crippen LogP contribution is -2.43. The number of nitro groups is 1. The first-order valence-electron chi connectivity index (χ1n) is 9.20. The van der Waals surface area contributed by atoms with E-state index in [0.29, 0.717) is 22.5 Å². The molecule has 0 saturated heterocycles. The summed E-state index contributed by atoms with van der Waals surface area (Å²) in [4.78, 5) is 26.7. The van der Waals surface area contributed by atoms with Crippen LogP contribution in [0.4, 0.5) is 5.69 Å². The number of nitro benzene ring substituents is 1. The molecule has 2 aliphatic rings. The van der Waals surface area contributed by atoms with E-state index in [9.17, 15) is 14.9 Å². The Balaban J connectivity index is 1.82. The van der Waals surface area contributed by atoms with Crippen molar-refractivity contribution in [1.29, 1.82) is 0 Å². The lowest BCUT2D eigenvalue weighted by Gasteiger charge is -2.37. The third-order valence-electron chi connectivity index (χ3n) is 5.58. The summed E-state index contributed by atoms with van der Waals surface area (Å²) in [6.07, 6.45) is 9.64. The molecule has 2 fully saturated rings. The second-order valence-corrected chi connectivity index (χ2v) is 8.02. The number of amides is 1. The van der Waals surface area contributed by atoms with Crippen molar-refractivity contribution in [3.63, 3.8) is 0 Å². The number of benzene rings is 1. The van der Waals surface area contributed by atoms with Crippen LogP contribution in [-0.4, -0.2) is 34.1 Å². The first-order valence-corrected chi connectivity index (χ1v) is 10.4. The van der Waals surface area contributed by atoms with Crippen molar-refractivity contribution in [3.05, 3.63) is 33.9 Å². The highest BCUT2D eigenvalue weighted by atomic mass is 32.2. The molecule has 0 bridgehead atoms. The molecule has 25 heavy (non-hydrogen) atoms. The van der Waals surface area contributed by atoms with E-state index < -0.39 is 4.92 Å². The fourth-order valence-corrected chi connectivity index (χ4v) is 4.48. The van der Waals surface area contributed by atoms with E-state index in [-0.39, 0.29) is 11.6 Å². The van der Waals surface area contributed by atoms with Crippen LogP contribution >= 0.6 is 11.8 Å². The zero-order chi connectivity index (χ0) is 18.0. The molecule has 0 spiro atoms. The number of hydrogen-bond donors (Lipinski definition) is 0. The van der Waals surface area contributed by atoms with Crippen molar-refractivity contribution >= 4 is 23.4 Å². The van der Waals surface area contributed by atoms with Crippen molar-refractivity contribution in [3.8, 4) is 0 Å². The molecule has 1 amide bonds. The highest BCUT2D eigenvalue weighted by Gasteiger charge is 2.39. The van der Waals surface area contributed by atoms with Crippen molar-refractivity contribution in [2.24, 2.45) is 5.92 Å². The topological polar surface area (TPSA) is 63.5 Å². The zero-order valence-electron chi connectivity index (χ0n) is 14.9. The van der Waals surface area contributed by atoms with Crippen molar-refractivity contribution in [1.82, 2.24) is 4.90 Å². The van der Waals surface area contributed by atoms with Gasteiger partial charge in [-0.2, -0.15) is 0 Å². The fraction of sp³-hybridized carbons (Fsp3) is 0.632. The molecule has 0 unspecified atom stereocenters. The molecule has 0 heterocycles. The van der Waals surface area contributed by atoms with Gasteiger partial charge in [-0.25, -0.2) is 0 Å². The smallest absolute Gasteiger partial charge is 0.283 e. The van der Waals surface area contributed by atoms with Crippen LogP contribution in [0.15, 0.2) is 23.1 Å². The Morgan fingerprint density at radius 1 is 1.20 bits per heavy atom. The van der Waals surface area contributed by atoms with Gasteiger partial charge in [-0.15, -0.1) is 11.8 Å². The van der Waals surface area contributed by atoms with E-state index >= 15 is 0 Å². The molecule has 0 N–H and O–H groups in total. The minimum Gasteiger partial charge on any atom is -0.333 e. The molecule has 0 atom stereocenters. The standard InChI is InChI=1S/C19H26N2O3S/c1-3-13-4-7-15(8-5-13)20(16-9-10-16)19(22)14-6-11-18(25-2)17(12-14)21(23)24/h6,11-13,15-16H,3-5,7-10H2,1-2H3. The van der Waals surface area contributed by atoms with Crippen molar-refractivity contribution in [2.75, 3.05) is 6.26 Å². The molecular formula is C19H26N2O3S. The number of hydrogen-bond acceptors (Lipinski definition) is 4. The average molecular weight is 362 g/mol. The second kappa shape index (κ2) is 7.77. The number of carbonyl (C=O) groups excluding carboxylic acids is 1. The molecule has 5 nitrogen and oxygen atoms in total. The average Bonchev–Trinajstić information content (AvgIpc) is 3.46. The third-order valence-corrected chi connectivity index (χ3v) is 6.37. The van der Waals surface area contributed by atoms with Gasteiger partial charge in [0, 0.05) is 23.7 Å². The van der Waals surface area contributed by atoms with Gasteiger partial charge in [-0.05, 0) is 62.8 Å². The van der Waals surface area contributed by atoms with E-state index in [2.05, 4.69) is 6.92 Å². The number of thioether (sulfide) groups is 1. The Morgan fingerprint density at radius 3 is 2.28 bits per heavy atom.